The summed E-state index contributed by atoms with van der Waals surface area (Å²) in [6, 6.07) is 0.0785. The van der Waals surface area contributed by atoms with Crippen molar-refractivity contribution in [2.75, 3.05) is 5.73 Å². The Morgan fingerprint density at radius 3 is 2.75 bits per heavy atom. The van der Waals surface area contributed by atoms with E-state index in [1.165, 1.54) is 6.33 Å². The second-order valence-corrected chi connectivity index (χ2v) is 4.25. The molecule has 2 aromatic heterocycles. The van der Waals surface area contributed by atoms with Gasteiger partial charge in [0.2, 0.25) is 0 Å². The van der Waals surface area contributed by atoms with Gasteiger partial charge in [-0.2, -0.15) is 0 Å². The molecule has 0 aliphatic rings. The van der Waals surface area contributed by atoms with Crippen molar-refractivity contribution < 1.29 is 0 Å². The van der Waals surface area contributed by atoms with E-state index in [4.69, 9.17) is 11.5 Å². The zero-order valence-electron chi connectivity index (χ0n) is 9.44. The molecular formula is C10H16N6. The maximum absolute atomic E-state index is 5.98. The molecule has 1 atom stereocenters. The summed E-state index contributed by atoms with van der Waals surface area (Å²) in [7, 11) is 0. The van der Waals surface area contributed by atoms with Gasteiger partial charge in [0.1, 0.15) is 17.7 Å². The Morgan fingerprint density at radius 2 is 2.12 bits per heavy atom. The number of aromatic nitrogens is 4. The van der Waals surface area contributed by atoms with Gasteiger partial charge in [0.25, 0.3) is 0 Å². The van der Waals surface area contributed by atoms with Crippen LogP contribution in [0.3, 0.4) is 0 Å². The Balaban J connectivity index is 2.30. The fourth-order valence-corrected chi connectivity index (χ4v) is 1.45. The van der Waals surface area contributed by atoms with E-state index in [0.29, 0.717) is 29.3 Å². The number of hydrogen-bond donors (Lipinski definition) is 3. The molecule has 1 unspecified atom stereocenters. The molecule has 0 bridgehead atoms. The molecule has 2 aromatic rings. The second-order valence-electron chi connectivity index (χ2n) is 4.25. The van der Waals surface area contributed by atoms with Crippen LogP contribution in [0.5, 0.6) is 0 Å². The Hall–Kier alpha value is -1.69. The van der Waals surface area contributed by atoms with Gasteiger partial charge in [-0.15, -0.1) is 0 Å². The first-order chi connectivity index (χ1) is 7.58. The zero-order chi connectivity index (χ0) is 11.7. The first-order valence-corrected chi connectivity index (χ1v) is 5.28. The molecular weight excluding hydrogens is 204 g/mol. The minimum Gasteiger partial charge on any atom is -0.382 e. The van der Waals surface area contributed by atoms with E-state index in [-0.39, 0.29) is 6.04 Å². The molecule has 2 rings (SSSR count). The van der Waals surface area contributed by atoms with E-state index in [2.05, 4.69) is 33.8 Å². The highest BCUT2D eigenvalue weighted by atomic mass is 15.0. The van der Waals surface area contributed by atoms with Crippen LogP contribution in [0.1, 0.15) is 19.7 Å². The van der Waals surface area contributed by atoms with Crippen molar-refractivity contribution in [3.05, 3.63) is 12.2 Å². The van der Waals surface area contributed by atoms with Crippen LogP contribution in [0.4, 0.5) is 5.82 Å². The molecule has 0 fully saturated rings. The van der Waals surface area contributed by atoms with Gasteiger partial charge in [-0.05, 0) is 5.92 Å². The third kappa shape index (κ3) is 1.96. The predicted molar refractivity (Wildman–Crippen MR) is 62.6 cm³/mol. The summed E-state index contributed by atoms with van der Waals surface area (Å²) in [4.78, 5) is 15.4. The van der Waals surface area contributed by atoms with Gasteiger partial charge < -0.3 is 16.5 Å². The topological polar surface area (TPSA) is 106 Å². The first-order valence-electron chi connectivity index (χ1n) is 5.28. The summed E-state index contributed by atoms with van der Waals surface area (Å²) in [5, 5.41) is 0. The summed E-state index contributed by atoms with van der Waals surface area (Å²) in [6.45, 7) is 4.17. The van der Waals surface area contributed by atoms with Gasteiger partial charge in [0.05, 0.1) is 0 Å². The van der Waals surface area contributed by atoms with Crippen LogP contribution in [0.2, 0.25) is 0 Å². The number of nitrogen functional groups attached to an aromatic ring is 1. The highest BCUT2D eigenvalue weighted by Crippen LogP contribution is 2.14. The molecule has 86 valence electrons. The standard InChI is InChI=1S/C10H16N6/c1-5(2)6(11)3-7-15-8-9(12)13-4-14-10(8)16-7/h4-6H,3,11H2,1-2H3,(H3,12,13,14,15,16). The highest BCUT2D eigenvalue weighted by molar-refractivity contribution is 5.80. The van der Waals surface area contributed by atoms with Gasteiger partial charge in [-0.3, -0.25) is 0 Å². The molecule has 16 heavy (non-hydrogen) atoms. The lowest BCUT2D eigenvalue weighted by Gasteiger charge is -2.13. The maximum atomic E-state index is 5.98. The SMILES string of the molecule is CC(C)C(N)Cc1nc2ncnc(N)c2[nH]1. The number of rotatable bonds is 3. The molecule has 0 aliphatic carbocycles. The minimum atomic E-state index is 0.0785. The van der Waals surface area contributed by atoms with E-state index in [1.54, 1.807) is 0 Å². The smallest absolute Gasteiger partial charge is 0.183 e. The van der Waals surface area contributed by atoms with Crippen molar-refractivity contribution in [2.24, 2.45) is 11.7 Å². The molecule has 0 amide bonds. The minimum absolute atomic E-state index is 0.0785. The Bertz CT molecular complexity index is 489. The van der Waals surface area contributed by atoms with E-state index >= 15 is 0 Å². The van der Waals surface area contributed by atoms with E-state index in [1.807, 2.05) is 0 Å². The monoisotopic (exact) mass is 220 g/mol. The van der Waals surface area contributed by atoms with Gasteiger partial charge in [-0.25, -0.2) is 15.0 Å². The lowest BCUT2D eigenvalue weighted by Crippen LogP contribution is -2.29. The van der Waals surface area contributed by atoms with E-state index in [9.17, 15) is 0 Å². The van der Waals surface area contributed by atoms with Crippen LogP contribution >= 0.6 is 0 Å². The van der Waals surface area contributed by atoms with Crippen LogP contribution in [0.15, 0.2) is 6.33 Å². The lowest BCUT2D eigenvalue weighted by atomic mass is 10.0. The number of H-pyrrole nitrogens is 1. The number of nitrogens with two attached hydrogens (primary N) is 2. The summed E-state index contributed by atoms with van der Waals surface area (Å²) in [5.41, 5.74) is 13.0. The van der Waals surface area contributed by atoms with Gasteiger partial charge in [-0.1, -0.05) is 13.8 Å². The van der Waals surface area contributed by atoms with E-state index in [0.717, 1.165) is 5.82 Å². The van der Waals surface area contributed by atoms with Crippen molar-refractivity contribution in [1.29, 1.82) is 0 Å². The Morgan fingerprint density at radius 1 is 1.38 bits per heavy atom. The Labute approximate surface area is 93.5 Å². The quantitative estimate of drug-likeness (QED) is 0.696. The van der Waals surface area contributed by atoms with Crippen molar-refractivity contribution in [3.63, 3.8) is 0 Å². The average molecular weight is 220 g/mol. The number of nitrogens with zero attached hydrogens (tertiary/aromatic N) is 3. The summed E-state index contributed by atoms with van der Waals surface area (Å²) in [5.74, 6) is 1.64. The van der Waals surface area contributed by atoms with Crippen LogP contribution in [-0.4, -0.2) is 26.0 Å². The summed E-state index contributed by atoms with van der Waals surface area (Å²) in [6.07, 6.45) is 2.10. The first kappa shape index (κ1) is 10.8. The van der Waals surface area contributed by atoms with Crippen LogP contribution < -0.4 is 11.5 Å². The number of aromatic amines is 1. The van der Waals surface area contributed by atoms with Crippen molar-refractivity contribution in [3.8, 4) is 0 Å². The van der Waals surface area contributed by atoms with Crippen LogP contribution in [-0.2, 0) is 6.42 Å². The van der Waals surface area contributed by atoms with Crippen LogP contribution in [0, 0.1) is 5.92 Å². The third-order valence-corrected chi connectivity index (χ3v) is 2.65. The normalized spacial score (nSPS) is 13.5. The predicted octanol–water partition coefficient (Wildman–Crippen LogP) is 0.461. The number of nitrogens with one attached hydrogen (secondary N) is 1. The molecule has 6 heteroatoms. The second kappa shape index (κ2) is 4.05. The van der Waals surface area contributed by atoms with E-state index < -0.39 is 0 Å². The fourth-order valence-electron chi connectivity index (χ4n) is 1.45. The number of imidazole rings is 1. The number of anilines is 1. The fraction of sp³-hybridized carbons (Fsp3) is 0.500. The highest BCUT2D eigenvalue weighted by Gasteiger charge is 2.13. The molecule has 2 heterocycles. The molecule has 0 aromatic carbocycles. The van der Waals surface area contributed by atoms with Crippen molar-refractivity contribution in [1.82, 2.24) is 19.9 Å². The average Bonchev–Trinajstić information content (AvgIpc) is 2.61. The Kier molecular flexibility index (Phi) is 2.74. The number of hydrogen-bond acceptors (Lipinski definition) is 5. The lowest BCUT2D eigenvalue weighted by molar-refractivity contribution is 0.483. The molecule has 0 saturated carbocycles. The van der Waals surface area contributed by atoms with Crippen LogP contribution in [0.25, 0.3) is 11.2 Å². The largest absolute Gasteiger partial charge is 0.382 e. The molecule has 0 spiro atoms. The molecule has 0 aliphatic heterocycles. The molecule has 6 nitrogen and oxygen atoms in total. The zero-order valence-corrected chi connectivity index (χ0v) is 9.44. The number of fused-ring (bicyclic) bond motifs is 1. The van der Waals surface area contributed by atoms with Gasteiger partial charge in [0.15, 0.2) is 11.5 Å². The van der Waals surface area contributed by atoms with Crippen molar-refractivity contribution in [2.45, 2.75) is 26.3 Å². The molecule has 5 N–H and O–H groups in total. The maximum Gasteiger partial charge on any atom is 0.183 e. The summed E-state index contributed by atoms with van der Waals surface area (Å²) >= 11 is 0. The molecule has 0 saturated heterocycles. The molecule has 0 radical (unpaired) electrons. The van der Waals surface area contributed by atoms with Gasteiger partial charge in [0, 0.05) is 12.5 Å². The van der Waals surface area contributed by atoms with Crippen molar-refractivity contribution >= 4 is 17.0 Å². The summed E-state index contributed by atoms with van der Waals surface area (Å²) < 4.78 is 0. The third-order valence-electron chi connectivity index (χ3n) is 2.65. The van der Waals surface area contributed by atoms with Gasteiger partial charge >= 0.3 is 0 Å².